The van der Waals surface area contributed by atoms with Crippen LogP contribution in [0.1, 0.15) is 12.5 Å². The van der Waals surface area contributed by atoms with Crippen LogP contribution in [0.15, 0.2) is 33.0 Å². The van der Waals surface area contributed by atoms with E-state index in [2.05, 4.69) is 10.2 Å². The van der Waals surface area contributed by atoms with E-state index in [9.17, 15) is 9.18 Å². The van der Waals surface area contributed by atoms with Gasteiger partial charge < -0.3 is 5.11 Å². The fourth-order valence-corrected chi connectivity index (χ4v) is 2.59. The highest BCUT2D eigenvalue weighted by Crippen LogP contribution is 2.29. The summed E-state index contributed by atoms with van der Waals surface area (Å²) in [5.41, 5.74) is -0.0949. The molecule has 1 aromatic heterocycles. The fraction of sp³-hybridized carbons (Fsp3) is 0.273. The van der Waals surface area contributed by atoms with Crippen LogP contribution in [0.3, 0.4) is 0 Å². The maximum absolute atomic E-state index is 13.5. The smallest absolute Gasteiger partial charge is 0.343 e. The number of nitrogens with one attached hydrogen (secondary N) is 1. The number of nitrogens with zero attached hydrogens (tertiary/aromatic N) is 2. The number of aliphatic hydroxyl groups excluding tert-OH is 1. The molecule has 1 heterocycles. The zero-order chi connectivity index (χ0) is 13.1. The van der Waals surface area contributed by atoms with Crippen LogP contribution in [-0.2, 0) is 13.2 Å². The molecule has 0 unspecified atom stereocenters. The molecule has 0 aliphatic rings. The van der Waals surface area contributed by atoms with E-state index in [1.807, 2.05) is 6.92 Å². The lowest BCUT2D eigenvalue weighted by molar-refractivity contribution is 0.272. The highest BCUT2D eigenvalue weighted by Gasteiger charge is 2.13. The summed E-state index contributed by atoms with van der Waals surface area (Å²) in [6.07, 6.45) is 0. The Hall–Kier alpha value is -1.60. The quantitative estimate of drug-likeness (QED) is 0.879. The van der Waals surface area contributed by atoms with Crippen molar-refractivity contribution in [3.05, 3.63) is 40.1 Å². The number of aliphatic hydroxyl groups is 1. The molecule has 18 heavy (non-hydrogen) atoms. The third kappa shape index (κ3) is 2.32. The Labute approximate surface area is 107 Å². The minimum Gasteiger partial charge on any atom is -0.392 e. The van der Waals surface area contributed by atoms with Crippen LogP contribution in [0.25, 0.3) is 0 Å². The van der Waals surface area contributed by atoms with Gasteiger partial charge in [0, 0.05) is 17.0 Å². The molecule has 0 saturated carbocycles. The highest BCUT2D eigenvalue weighted by atomic mass is 32.2. The van der Waals surface area contributed by atoms with Gasteiger partial charge in [-0.05, 0) is 30.8 Å². The number of aromatic nitrogens is 3. The Morgan fingerprint density at radius 2 is 2.33 bits per heavy atom. The SMILES string of the molecule is CCn1c(Sc2cccc(F)c2CO)n[nH]c1=O. The molecule has 0 saturated heterocycles. The number of aromatic amines is 1. The van der Waals surface area contributed by atoms with Gasteiger partial charge in [0.1, 0.15) is 5.82 Å². The first kappa shape index (κ1) is 12.8. The fourth-order valence-electron chi connectivity index (χ4n) is 1.55. The zero-order valence-electron chi connectivity index (χ0n) is 9.68. The van der Waals surface area contributed by atoms with Crippen LogP contribution in [-0.4, -0.2) is 19.9 Å². The monoisotopic (exact) mass is 269 g/mol. The summed E-state index contributed by atoms with van der Waals surface area (Å²) in [6.45, 7) is 1.90. The second kappa shape index (κ2) is 5.36. The van der Waals surface area contributed by atoms with Crippen LogP contribution in [0.4, 0.5) is 4.39 Å². The molecular weight excluding hydrogens is 257 g/mol. The van der Waals surface area contributed by atoms with E-state index in [0.717, 1.165) is 11.8 Å². The summed E-state index contributed by atoms with van der Waals surface area (Å²) in [5.74, 6) is -0.469. The van der Waals surface area contributed by atoms with Crippen molar-refractivity contribution < 1.29 is 9.50 Å². The molecule has 0 amide bonds. The summed E-state index contributed by atoms with van der Waals surface area (Å²) in [5, 5.41) is 15.8. The van der Waals surface area contributed by atoms with Crippen LogP contribution < -0.4 is 5.69 Å². The van der Waals surface area contributed by atoms with Crippen LogP contribution >= 0.6 is 11.8 Å². The van der Waals surface area contributed by atoms with Crippen molar-refractivity contribution in [2.45, 2.75) is 30.1 Å². The number of H-pyrrole nitrogens is 1. The van der Waals surface area contributed by atoms with Crippen LogP contribution in [0.5, 0.6) is 0 Å². The van der Waals surface area contributed by atoms with Crippen molar-refractivity contribution in [2.75, 3.05) is 0 Å². The van der Waals surface area contributed by atoms with Gasteiger partial charge in [-0.2, -0.15) is 0 Å². The topological polar surface area (TPSA) is 70.9 Å². The maximum atomic E-state index is 13.5. The third-order valence-corrected chi connectivity index (χ3v) is 3.57. The van der Waals surface area contributed by atoms with Gasteiger partial charge in [-0.1, -0.05) is 6.07 Å². The van der Waals surface area contributed by atoms with E-state index < -0.39 is 12.4 Å². The van der Waals surface area contributed by atoms with Crippen molar-refractivity contribution in [3.63, 3.8) is 0 Å². The Morgan fingerprint density at radius 1 is 1.56 bits per heavy atom. The Bertz CT molecular complexity index is 609. The molecule has 5 nitrogen and oxygen atoms in total. The standard InChI is InChI=1S/C11H12FN3O2S/c1-2-15-10(17)13-14-11(15)18-9-5-3-4-8(12)7(9)6-16/h3-5,16H,2,6H2,1H3,(H,13,17). The minimum atomic E-state index is -0.469. The molecule has 0 fully saturated rings. The van der Waals surface area contributed by atoms with E-state index in [1.54, 1.807) is 12.1 Å². The first-order chi connectivity index (χ1) is 8.67. The second-order valence-electron chi connectivity index (χ2n) is 3.53. The molecule has 0 atom stereocenters. The molecule has 0 spiro atoms. The van der Waals surface area contributed by atoms with Gasteiger partial charge >= 0.3 is 5.69 Å². The summed E-state index contributed by atoms with van der Waals surface area (Å²) in [6, 6.07) is 4.52. The minimum absolute atomic E-state index is 0.209. The number of hydrogen-bond donors (Lipinski definition) is 2. The summed E-state index contributed by atoms with van der Waals surface area (Å²) >= 11 is 1.15. The molecular formula is C11H12FN3O2S. The van der Waals surface area contributed by atoms with Crippen molar-refractivity contribution in [3.8, 4) is 0 Å². The van der Waals surface area contributed by atoms with Gasteiger partial charge in [0.15, 0.2) is 5.16 Å². The number of benzene rings is 1. The molecule has 2 rings (SSSR count). The normalized spacial score (nSPS) is 10.8. The lowest BCUT2D eigenvalue weighted by Crippen LogP contribution is -2.16. The Morgan fingerprint density at radius 3 is 3.00 bits per heavy atom. The van der Waals surface area contributed by atoms with E-state index in [4.69, 9.17) is 5.11 Å². The number of rotatable bonds is 4. The molecule has 2 aromatic rings. The Balaban J connectivity index is 2.40. The molecule has 7 heteroatoms. The first-order valence-electron chi connectivity index (χ1n) is 5.38. The summed E-state index contributed by atoms with van der Waals surface area (Å²) in [4.78, 5) is 11.9. The van der Waals surface area contributed by atoms with Gasteiger partial charge in [-0.15, -0.1) is 5.10 Å². The van der Waals surface area contributed by atoms with Gasteiger partial charge in [-0.25, -0.2) is 14.3 Å². The van der Waals surface area contributed by atoms with Gasteiger partial charge in [0.05, 0.1) is 6.61 Å². The van der Waals surface area contributed by atoms with Crippen molar-refractivity contribution >= 4 is 11.8 Å². The van der Waals surface area contributed by atoms with Crippen molar-refractivity contribution in [1.29, 1.82) is 0 Å². The number of halogens is 1. The van der Waals surface area contributed by atoms with E-state index in [1.165, 1.54) is 10.6 Å². The molecule has 2 N–H and O–H groups in total. The average Bonchev–Trinajstić information content (AvgIpc) is 2.70. The summed E-state index contributed by atoms with van der Waals surface area (Å²) in [7, 11) is 0. The van der Waals surface area contributed by atoms with E-state index in [0.29, 0.717) is 16.6 Å². The maximum Gasteiger partial charge on any atom is 0.343 e. The molecule has 1 aromatic carbocycles. The van der Waals surface area contributed by atoms with Gasteiger partial charge in [-0.3, -0.25) is 4.57 Å². The molecule has 96 valence electrons. The Kier molecular flexibility index (Phi) is 3.83. The third-order valence-electron chi connectivity index (χ3n) is 2.47. The lowest BCUT2D eigenvalue weighted by Gasteiger charge is -2.07. The van der Waals surface area contributed by atoms with Crippen LogP contribution in [0, 0.1) is 5.82 Å². The van der Waals surface area contributed by atoms with Crippen LogP contribution in [0.2, 0.25) is 0 Å². The molecule has 0 aliphatic carbocycles. The van der Waals surface area contributed by atoms with E-state index >= 15 is 0 Å². The second-order valence-corrected chi connectivity index (χ2v) is 4.54. The largest absolute Gasteiger partial charge is 0.392 e. The molecule has 0 aliphatic heterocycles. The zero-order valence-corrected chi connectivity index (χ0v) is 10.5. The van der Waals surface area contributed by atoms with Crippen molar-refractivity contribution in [1.82, 2.24) is 14.8 Å². The van der Waals surface area contributed by atoms with Crippen molar-refractivity contribution in [2.24, 2.45) is 0 Å². The summed E-state index contributed by atoms with van der Waals surface area (Å²) < 4.78 is 14.9. The predicted molar refractivity (Wildman–Crippen MR) is 65.0 cm³/mol. The first-order valence-corrected chi connectivity index (χ1v) is 6.20. The van der Waals surface area contributed by atoms with E-state index in [-0.39, 0.29) is 11.3 Å². The molecule has 0 radical (unpaired) electrons. The van der Waals surface area contributed by atoms with Gasteiger partial charge in [0.2, 0.25) is 0 Å². The lowest BCUT2D eigenvalue weighted by atomic mass is 10.2. The molecule has 0 bridgehead atoms. The highest BCUT2D eigenvalue weighted by molar-refractivity contribution is 7.99. The van der Waals surface area contributed by atoms with Gasteiger partial charge in [0.25, 0.3) is 0 Å². The average molecular weight is 269 g/mol. The number of hydrogen-bond acceptors (Lipinski definition) is 4. The predicted octanol–water partition coefficient (Wildman–Crippen LogP) is 1.37.